The van der Waals surface area contributed by atoms with Crippen molar-refractivity contribution < 1.29 is 0 Å². The van der Waals surface area contributed by atoms with E-state index in [-0.39, 0.29) is 0 Å². The molecule has 74 valence electrons. The van der Waals surface area contributed by atoms with Gasteiger partial charge in [-0.05, 0) is 23.1 Å². The van der Waals surface area contributed by atoms with Gasteiger partial charge in [0.1, 0.15) is 0 Å². The van der Waals surface area contributed by atoms with Gasteiger partial charge in [-0.15, -0.1) is 0 Å². The molecule has 0 unspecified atom stereocenters. The quantitative estimate of drug-likeness (QED) is 0.632. The van der Waals surface area contributed by atoms with Crippen LogP contribution >= 0.6 is 0 Å². The van der Waals surface area contributed by atoms with E-state index in [1.54, 1.807) is 6.08 Å². The highest BCUT2D eigenvalue weighted by atomic mass is 14.1. The maximum absolute atomic E-state index is 3.69. The van der Waals surface area contributed by atoms with Crippen molar-refractivity contribution >= 4 is 5.57 Å². The zero-order valence-corrected chi connectivity index (χ0v) is 8.69. The molecular formula is C15H14. The van der Waals surface area contributed by atoms with E-state index in [9.17, 15) is 0 Å². The molecule has 0 saturated heterocycles. The van der Waals surface area contributed by atoms with Gasteiger partial charge in [-0.2, -0.15) is 0 Å². The molecule has 0 spiro atoms. The average molecular weight is 194 g/mol. The molecule has 0 aliphatic heterocycles. The molecule has 0 N–H and O–H groups in total. The van der Waals surface area contributed by atoms with Crippen molar-refractivity contribution in [3.05, 3.63) is 78.4 Å². The van der Waals surface area contributed by atoms with E-state index < -0.39 is 0 Å². The number of hydrogen-bond donors (Lipinski definition) is 0. The molecule has 1 aromatic rings. The highest BCUT2D eigenvalue weighted by molar-refractivity contribution is 5.77. The minimum Gasteiger partial charge on any atom is -0.0991 e. The zero-order valence-electron chi connectivity index (χ0n) is 8.69. The summed E-state index contributed by atoms with van der Waals surface area (Å²) >= 11 is 0. The van der Waals surface area contributed by atoms with Crippen molar-refractivity contribution in [1.29, 1.82) is 0 Å². The molecule has 1 aromatic carbocycles. The monoisotopic (exact) mass is 194 g/mol. The molecule has 1 aliphatic rings. The molecule has 0 heterocycles. The summed E-state index contributed by atoms with van der Waals surface area (Å²) in [6, 6.07) is 10.4. The topological polar surface area (TPSA) is 0 Å². The first-order valence-electron chi connectivity index (χ1n) is 5.15. The van der Waals surface area contributed by atoms with E-state index >= 15 is 0 Å². The van der Waals surface area contributed by atoms with Crippen LogP contribution in [-0.4, -0.2) is 0 Å². The van der Waals surface area contributed by atoms with Crippen molar-refractivity contribution in [2.24, 2.45) is 0 Å². The van der Waals surface area contributed by atoms with Gasteiger partial charge in [-0.25, -0.2) is 0 Å². The lowest BCUT2D eigenvalue weighted by Gasteiger charge is -2.00. The van der Waals surface area contributed by atoms with E-state index in [2.05, 4.69) is 49.1 Å². The first-order valence-corrected chi connectivity index (χ1v) is 5.15. The summed E-state index contributed by atoms with van der Waals surface area (Å²) < 4.78 is 0. The Kier molecular flexibility index (Phi) is 2.99. The molecule has 0 bridgehead atoms. The van der Waals surface area contributed by atoms with Crippen LogP contribution in [-0.2, 0) is 0 Å². The fraction of sp³-hybridized carbons (Fsp3) is 0.0667. The summed E-state index contributed by atoms with van der Waals surface area (Å²) in [4.78, 5) is 0. The predicted octanol–water partition coefficient (Wildman–Crippen LogP) is 4.14. The van der Waals surface area contributed by atoms with Crippen molar-refractivity contribution in [1.82, 2.24) is 0 Å². The Bertz CT molecular complexity index is 430. The Hall–Kier alpha value is -1.82. The van der Waals surface area contributed by atoms with Crippen molar-refractivity contribution in [3.63, 3.8) is 0 Å². The van der Waals surface area contributed by atoms with E-state index in [1.165, 1.54) is 16.7 Å². The van der Waals surface area contributed by atoms with Crippen LogP contribution in [0, 0.1) is 0 Å². The first kappa shape index (κ1) is 9.72. The van der Waals surface area contributed by atoms with Crippen LogP contribution in [0.5, 0.6) is 0 Å². The second-order valence-electron chi connectivity index (χ2n) is 3.54. The smallest absolute Gasteiger partial charge is 0.00943 e. The van der Waals surface area contributed by atoms with E-state index in [0.717, 1.165) is 6.42 Å². The fourth-order valence-electron chi connectivity index (χ4n) is 1.41. The molecule has 0 amide bonds. The van der Waals surface area contributed by atoms with Gasteiger partial charge in [0.05, 0.1) is 0 Å². The van der Waals surface area contributed by atoms with Gasteiger partial charge in [0.15, 0.2) is 0 Å². The van der Waals surface area contributed by atoms with Crippen LogP contribution < -0.4 is 0 Å². The number of benzene rings is 1. The molecule has 0 aromatic heterocycles. The van der Waals surface area contributed by atoms with Gasteiger partial charge in [0, 0.05) is 0 Å². The largest absolute Gasteiger partial charge is 0.0991 e. The van der Waals surface area contributed by atoms with E-state index in [1.807, 2.05) is 12.1 Å². The minimum atomic E-state index is 1.14. The molecule has 0 fully saturated rings. The van der Waals surface area contributed by atoms with Gasteiger partial charge in [0.25, 0.3) is 0 Å². The second kappa shape index (κ2) is 4.61. The molecule has 2 rings (SSSR count). The van der Waals surface area contributed by atoms with Crippen LogP contribution in [0.15, 0.2) is 72.9 Å². The third kappa shape index (κ3) is 2.81. The molecular weight excluding hydrogens is 180 g/mol. The maximum atomic E-state index is 3.69. The molecule has 0 heteroatoms. The van der Waals surface area contributed by atoms with Crippen LogP contribution in [0.3, 0.4) is 0 Å². The molecule has 0 radical (unpaired) electrons. The summed E-state index contributed by atoms with van der Waals surface area (Å²) in [6.07, 6.45) is 11.5. The van der Waals surface area contributed by atoms with Gasteiger partial charge in [-0.3, -0.25) is 0 Å². The molecule has 0 nitrogen and oxygen atoms in total. The maximum Gasteiger partial charge on any atom is -0.00943 e. The molecule has 15 heavy (non-hydrogen) atoms. The van der Waals surface area contributed by atoms with E-state index in [0.29, 0.717) is 0 Å². The third-order valence-electron chi connectivity index (χ3n) is 2.30. The Morgan fingerprint density at radius 2 is 1.93 bits per heavy atom. The Morgan fingerprint density at radius 1 is 1.20 bits per heavy atom. The lowest BCUT2D eigenvalue weighted by molar-refractivity contribution is 1.56. The Morgan fingerprint density at radius 3 is 2.53 bits per heavy atom. The van der Waals surface area contributed by atoms with Crippen molar-refractivity contribution in [2.45, 2.75) is 6.42 Å². The summed E-state index contributed by atoms with van der Waals surface area (Å²) in [5, 5.41) is 0. The summed E-state index contributed by atoms with van der Waals surface area (Å²) in [5.41, 5.74) is 3.92. The average Bonchev–Trinajstić information content (AvgIpc) is 3.09. The van der Waals surface area contributed by atoms with Crippen LogP contribution in [0.2, 0.25) is 0 Å². The van der Waals surface area contributed by atoms with Gasteiger partial charge >= 0.3 is 0 Å². The number of allylic oxidation sites excluding steroid dienone is 7. The summed E-state index contributed by atoms with van der Waals surface area (Å²) in [6.45, 7) is 3.69. The third-order valence-corrected chi connectivity index (χ3v) is 2.30. The zero-order chi connectivity index (χ0) is 10.5. The highest BCUT2D eigenvalue weighted by Crippen LogP contribution is 2.26. The lowest BCUT2D eigenvalue weighted by atomic mass is 10.0. The van der Waals surface area contributed by atoms with Gasteiger partial charge < -0.3 is 0 Å². The van der Waals surface area contributed by atoms with Crippen molar-refractivity contribution in [2.75, 3.05) is 0 Å². The molecule has 1 aliphatic carbocycles. The normalized spacial score (nSPS) is 15.2. The number of rotatable bonds is 4. The molecule has 0 atom stereocenters. The van der Waals surface area contributed by atoms with E-state index in [4.69, 9.17) is 0 Å². The Balaban J connectivity index is 2.30. The fourth-order valence-corrected chi connectivity index (χ4v) is 1.41. The Labute approximate surface area is 91.0 Å². The predicted molar refractivity (Wildman–Crippen MR) is 66.5 cm³/mol. The lowest BCUT2D eigenvalue weighted by Crippen LogP contribution is -1.79. The van der Waals surface area contributed by atoms with Crippen LogP contribution in [0.1, 0.15) is 12.0 Å². The SMILES string of the molecule is C=C/C=C\C(=C/C1=CC1)c1ccccc1. The first-order chi connectivity index (χ1) is 7.40. The standard InChI is InChI=1S/C15H14/c1-2-3-7-15(12-13-10-11-13)14-8-5-4-6-9-14/h2-10,12H,1,11H2/b7-3-,15-12+. The van der Waals surface area contributed by atoms with Crippen LogP contribution in [0.4, 0.5) is 0 Å². The summed E-state index contributed by atoms with van der Waals surface area (Å²) in [5.74, 6) is 0. The van der Waals surface area contributed by atoms with Gasteiger partial charge in [-0.1, -0.05) is 67.3 Å². The minimum absolute atomic E-state index is 1.14. The second-order valence-corrected chi connectivity index (χ2v) is 3.54. The van der Waals surface area contributed by atoms with Crippen LogP contribution in [0.25, 0.3) is 5.57 Å². The van der Waals surface area contributed by atoms with Crippen molar-refractivity contribution in [3.8, 4) is 0 Å². The highest BCUT2D eigenvalue weighted by Gasteiger charge is 2.05. The summed E-state index contributed by atoms with van der Waals surface area (Å²) in [7, 11) is 0. The van der Waals surface area contributed by atoms with Gasteiger partial charge in [0.2, 0.25) is 0 Å². The number of hydrogen-bond acceptors (Lipinski definition) is 0. The molecule has 0 saturated carbocycles.